The van der Waals surface area contributed by atoms with E-state index in [9.17, 15) is 5.11 Å². The van der Waals surface area contributed by atoms with Gasteiger partial charge in [-0.1, -0.05) is 51.5 Å². The summed E-state index contributed by atoms with van der Waals surface area (Å²) in [4.78, 5) is 0. The van der Waals surface area contributed by atoms with Gasteiger partial charge in [0.15, 0.2) is 0 Å². The highest BCUT2D eigenvalue weighted by molar-refractivity contribution is 4.93. The molecule has 2 unspecified atom stereocenters. The van der Waals surface area contributed by atoms with Crippen LogP contribution in [0.1, 0.15) is 33.6 Å². The summed E-state index contributed by atoms with van der Waals surface area (Å²) in [5.74, 6) is 1.17. The van der Waals surface area contributed by atoms with E-state index in [1.807, 2.05) is 6.08 Å². The predicted molar refractivity (Wildman–Crippen MR) is 57.1 cm³/mol. The topological polar surface area (TPSA) is 19.9 Å². The zero-order chi connectivity index (χ0) is 10.1. The Morgan fingerprint density at radius 3 is 2.23 bits per heavy atom. The Kier molecular flexibility index (Phi) is 7.71. The fraction of sp³-hybridized carbons (Fsp3) is 0.667. The Morgan fingerprint density at radius 2 is 1.69 bits per heavy atom. The molecule has 0 spiro atoms. The van der Waals surface area contributed by atoms with E-state index in [0.717, 1.165) is 6.42 Å². The molecule has 0 aliphatic carbocycles. The molecule has 1 heteroatoms. The molecule has 1 radical (unpaired) electrons. The molecule has 0 amide bonds. The zero-order valence-corrected chi connectivity index (χ0v) is 8.99. The molecule has 13 heavy (non-hydrogen) atoms. The van der Waals surface area contributed by atoms with Gasteiger partial charge in [0, 0.05) is 0 Å². The minimum absolute atomic E-state index is 0.0978. The van der Waals surface area contributed by atoms with Crippen LogP contribution in [-0.2, 0) is 5.11 Å². The van der Waals surface area contributed by atoms with Crippen molar-refractivity contribution < 1.29 is 5.11 Å². The van der Waals surface area contributed by atoms with E-state index >= 15 is 0 Å². The van der Waals surface area contributed by atoms with Crippen LogP contribution in [0.15, 0.2) is 24.3 Å². The van der Waals surface area contributed by atoms with Crippen LogP contribution in [0.2, 0.25) is 0 Å². The molecule has 0 N–H and O–H groups in total. The first kappa shape index (κ1) is 12.4. The van der Waals surface area contributed by atoms with Gasteiger partial charge in [-0.3, -0.25) is 0 Å². The number of allylic oxidation sites excluding steroid dienone is 3. The van der Waals surface area contributed by atoms with Crippen LogP contribution in [0.3, 0.4) is 0 Å². The number of rotatable bonds is 6. The first-order valence-electron chi connectivity index (χ1n) is 5.12. The minimum atomic E-state index is -0.0978. The molecule has 0 aromatic carbocycles. The first-order valence-corrected chi connectivity index (χ1v) is 5.12. The Hall–Kier alpha value is -0.560. The SMILES string of the molecule is CCC(C)/C=C/CC(C)/C=C/C[O]. The van der Waals surface area contributed by atoms with Crippen LogP contribution in [0.4, 0.5) is 0 Å². The van der Waals surface area contributed by atoms with Crippen LogP contribution >= 0.6 is 0 Å². The molecule has 0 aromatic heterocycles. The van der Waals surface area contributed by atoms with E-state index in [-0.39, 0.29) is 6.61 Å². The Bertz CT molecular complexity index is 159. The summed E-state index contributed by atoms with van der Waals surface area (Å²) in [5.41, 5.74) is 0. The van der Waals surface area contributed by atoms with Gasteiger partial charge in [0.25, 0.3) is 0 Å². The quantitative estimate of drug-likeness (QED) is 0.558. The van der Waals surface area contributed by atoms with Gasteiger partial charge in [-0.15, -0.1) is 0 Å². The third kappa shape index (κ3) is 7.79. The summed E-state index contributed by atoms with van der Waals surface area (Å²) < 4.78 is 0. The van der Waals surface area contributed by atoms with Gasteiger partial charge in [0.05, 0.1) is 0 Å². The van der Waals surface area contributed by atoms with Crippen molar-refractivity contribution in [3.63, 3.8) is 0 Å². The third-order valence-corrected chi connectivity index (χ3v) is 2.18. The molecule has 0 aliphatic heterocycles. The van der Waals surface area contributed by atoms with Crippen molar-refractivity contribution in [1.82, 2.24) is 0 Å². The molecule has 0 aliphatic rings. The molecule has 75 valence electrons. The van der Waals surface area contributed by atoms with E-state index in [4.69, 9.17) is 0 Å². The van der Waals surface area contributed by atoms with Gasteiger partial charge in [0.2, 0.25) is 0 Å². The number of hydrogen-bond acceptors (Lipinski definition) is 0. The molecule has 0 fully saturated rings. The molecule has 0 saturated heterocycles. The van der Waals surface area contributed by atoms with E-state index in [1.54, 1.807) is 6.08 Å². The average molecular weight is 181 g/mol. The molecule has 0 bridgehead atoms. The van der Waals surface area contributed by atoms with Crippen molar-refractivity contribution in [2.24, 2.45) is 11.8 Å². The lowest BCUT2D eigenvalue weighted by Crippen LogP contribution is -1.89. The van der Waals surface area contributed by atoms with Gasteiger partial charge in [-0.2, -0.15) is 0 Å². The smallest absolute Gasteiger partial charge is 0.100 e. The van der Waals surface area contributed by atoms with E-state index < -0.39 is 0 Å². The molecular weight excluding hydrogens is 160 g/mol. The summed E-state index contributed by atoms with van der Waals surface area (Å²) in [6.07, 6.45) is 10.4. The highest BCUT2D eigenvalue weighted by Crippen LogP contribution is 2.08. The lowest BCUT2D eigenvalue weighted by Gasteiger charge is -2.02. The number of hydrogen-bond donors (Lipinski definition) is 0. The fourth-order valence-corrected chi connectivity index (χ4v) is 1.03. The van der Waals surface area contributed by atoms with Crippen LogP contribution in [-0.4, -0.2) is 6.61 Å². The van der Waals surface area contributed by atoms with E-state index in [2.05, 4.69) is 32.9 Å². The van der Waals surface area contributed by atoms with Gasteiger partial charge in [-0.25, -0.2) is 5.11 Å². The van der Waals surface area contributed by atoms with Crippen LogP contribution in [0.5, 0.6) is 0 Å². The van der Waals surface area contributed by atoms with Gasteiger partial charge in [0.1, 0.15) is 6.61 Å². The largest absolute Gasteiger partial charge is 0.232 e. The summed E-state index contributed by atoms with van der Waals surface area (Å²) in [6.45, 7) is 6.44. The maximum Gasteiger partial charge on any atom is 0.100 e. The summed E-state index contributed by atoms with van der Waals surface area (Å²) in [6, 6.07) is 0. The normalized spacial score (nSPS) is 16.9. The molecule has 2 atom stereocenters. The van der Waals surface area contributed by atoms with Gasteiger partial charge >= 0.3 is 0 Å². The molecular formula is C12H21O. The van der Waals surface area contributed by atoms with Crippen molar-refractivity contribution in [1.29, 1.82) is 0 Å². The predicted octanol–water partition coefficient (Wildman–Crippen LogP) is 3.60. The molecule has 0 heterocycles. The van der Waals surface area contributed by atoms with Crippen molar-refractivity contribution in [3.8, 4) is 0 Å². The van der Waals surface area contributed by atoms with Crippen molar-refractivity contribution in [2.45, 2.75) is 33.6 Å². The Balaban J connectivity index is 3.62. The van der Waals surface area contributed by atoms with Crippen molar-refractivity contribution in [2.75, 3.05) is 6.61 Å². The van der Waals surface area contributed by atoms with Gasteiger partial charge in [-0.05, 0) is 18.3 Å². The third-order valence-electron chi connectivity index (χ3n) is 2.18. The standard InChI is InChI=1S/C12H21O/c1-4-11(2)7-5-8-12(3)9-6-10-13/h5-7,9,11-12H,4,8,10H2,1-3H3/b7-5+,9-6+. The van der Waals surface area contributed by atoms with E-state index in [0.29, 0.717) is 11.8 Å². The summed E-state index contributed by atoms with van der Waals surface area (Å²) in [5, 5.41) is 10.2. The minimum Gasteiger partial charge on any atom is -0.232 e. The van der Waals surface area contributed by atoms with Crippen molar-refractivity contribution >= 4 is 0 Å². The lowest BCUT2D eigenvalue weighted by molar-refractivity contribution is 0.232. The zero-order valence-electron chi connectivity index (χ0n) is 8.99. The lowest BCUT2D eigenvalue weighted by atomic mass is 10.0. The van der Waals surface area contributed by atoms with E-state index in [1.165, 1.54) is 6.42 Å². The highest BCUT2D eigenvalue weighted by Gasteiger charge is 1.94. The van der Waals surface area contributed by atoms with Gasteiger partial charge < -0.3 is 0 Å². The maximum absolute atomic E-state index is 10.2. The first-order chi connectivity index (χ1) is 6.20. The summed E-state index contributed by atoms with van der Waals surface area (Å²) >= 11 is 0. The summed E-state index contributed by atoms with van der Waals surface area (Å²) in [7, 11) is 0. The molecule has 0 rings (SSSR count). The second-order valence-corrected chi connectivity index (χ2v) is 3.62. The van der Waals surface area contributed by atoms with Crippen LogP contribution in [0.25, 0.3) is 0 Å². The monoisotopic (exact) mass is 181 g/mol. The second kappa shape index (κ2) is 8.06. The second-order valence-electron chi connectivity index (χ2n) is 3.62. The molecule has 0 saturated carbocycles. The maximum atomic E-state index is 10.2. The fourth-order valence-electron chi connectivity index (χ4n) is 1.03. The van der Waals surface area contributed by atoms with Crippen LogP contribution in [0, 0.1) is 11.8 Å². The average Bonchev–Trinajstić information content (AvgIpc) is 2.14. The highest BCUT2D eigenvalue weighted by atomic mass is 16.2. The molecule has 1 nitrogen and oxygen atoms in total. The van der Waals surface area contributed by atoms with Crippen molar-refractivity contribution in [3.05, 3.63) is 24.3 Å². The molecule has 0 aromatic rings. The Labute approximate surface area is 82.2 Å². The Morgan fingerprint density at radius 1 is 1.08 bits per heavy atom. The van der Waals surface area contributed by atoms with Crippen LogP contribution < -0.4 is 0 Å².